The third-order valence-electron chi connectivity index (χ3n) is 1.69. The number of carbonyl (C=O) groups excluding carboxylic acids is 1. The van der Waals surface area contributed by atoms with Crippen molar-refractivity contribution in [2.75, 3.05) is 11.9 Å². The normalized spacial score (nSPS) is 9.47. The van der Waals surface area contributed by atoms with Gasteiger partial charge in [0, 0.05) is 6.20 Å². The number of carboxylic acids is 1. The summed E-state index contributed by atoms with van der Waals surface area (Å²) in [5.41, 5.74) is -0.0310. The van der Waals surface area contributed by atoms with Crippen molar-refractivity contribution in [1.82, 2.24) is 4.98 Å². The van der Waals surface area contributed by atoms with Crippen molar-refractivity contribution in [3.05, 3.63) is 35.1 Å². The third kappa shape index (κ3) is 3.56. The molecule has 0 aliphatic rings. The van der Waals surface area contributed by atoms with Crippen LogP contribution < -0.4 is 5.32 Å². The first kappa shape index (κ1) is 13.2. The number of nitrogens with zero attached hydrogens (tertiary/aromatic N) is 1. The van der Waals surface area contributed by atoms with Gasteiger partial charge in [-0.15, -0.1) is 0 Å². The first-order valence-electron chi connectivity index (χ1n) is 4.48. The molecule has 7 heteroatoms. The fourth-order valence-corrected chi connectivity index (χ4v) is 1.44. The number of rotatable bonds is 4. The molecule has 0 atom stereocenters. The first-order chi connectivity index (χ1) is 8.06. The number of aromatic carboxylic acids is 1. The van der Waals surface area contributed by atoms with Crippen molar-refractivity contribution < 1.29 is 19.4 Å². The van der Waals surface area contributed by atoms with E-state index in [1.165, 1.54) is 18.3 Å². The van der Waals surface area contributed by atoms with Gasteiger partial charge in [-0.05, 0) is 22.0 Å². The topological polar surface area (TPSA) is 88.5 Å². The van der Waals surface area contributed by atoms with Crippen molar-refractivity contribution in [3.8, 4) is 0 Å². The number of carboxylic acid groups (broad SMARTS) is 1. The van der Waals surface area contributed by atoms with Crippen molar-refractivity contribution >= 4 is 33.7 Å². The molecule has 1 amide bonds. The van der Waals surface area contributed by atoms with Crippen LogP contribution in [0.2, 0.25) is 0 Å². The zero-order chi connectivity index (χ0) is 12.8. The quantitative estimate of drug-likeness (QED) is 0.658. The Balaban J connectivity index is 2.92. The molecule has 0 bridgehead atoms. The van der Waals surface area contributed by atoms with Crippen LogP contribution in [0.25, 0.3) is 0 Å². The number of hydrogen-bond donors (Lipinski definition) is 2. The Morgan fingerprint density at radius 1 is 1.65 bits per heavy atom. The molecule has 0 spiro atoms. The highest BCUT2D eigenvalue weighted by molar-refractivity contribution is 9.10. The number of amides is 1. The minimum absolute atomic E-state index is 0.0338. The standard InChI is InChI=1S/C10H9BrN2O4/c1-2-5-17-10(16)13-7-6(9(14)15)3-4-12-8(7)11/h2-4H,1,5H2,(H,13,16)(H,14,15). The molecule has 1 aromatic rings. The van der Waals surface area contributed by atoms with Crippen molar-refractivity contribution in [2.24, 2.45) is 0 Å². The molecule has 1 heterocycles. The molecule has 0 saturated carbocycles. The minimum atomic E-state index is -1.17. The van der Waals surface area contributed by atoms with Gasteiger partial charge in [-0.1, -0.05) is 12.7 Å². The van der Waals surface area contributed by atoms with Gasteiger partial charge in [-0.2, -0.15) is 0 Å². The molecule has 0 aliphatic heterocycles. The number of anilines is 1. The Labute approximate surface area is 105 Å². The van der Waals surface area contributed by atoms with Crippen LogP contribution in [0.5, 0.6) is 0 Å². The molecule has 0 unspecified atom stereocenters. The highest BCUT2D eigenvalue weighted by Gasteiger charge is 2.16. The summed E-state index contributed by atoms with van der Waals surface area (Å²) in [6, 6.07) is 1.27. The zero-order valence-corrected chi connectivity index (χ0v) is 10.2. The van der Waals surface area contributed by atoms with Gasteiger partial charge >= 0.3 is 12.1 Å². The van der Waals surface area contributed by atoms with Gasteiger partial charge in [0.05, 0.1) is 11.3 Å². The van der Waals surface area contributed by atoms with Crippen LogP contribution in [0.1, 0.15) is 10.4 Å². The SMILES string of the molecule is C=CCOC(=O)Nc1c(C(=O)O)ccnc1Br. The van der Waals surface area contributed by atoms with E-state index in [0.717, 1.165) is 0 Å². The van der Waals surface area contributed by atoms with Crippen LogP contribution in [-0.2, 0) is 4.74 Å². The van der Waals surface area contributed by atoms with Crippen molar-refractivity contribution in [2.45, 2.75) is 0 Å². The fourth-order valence-electron chi connectivity index (χ4n) is 1.01. The second kappa shape index (κ2) is 6.00. The molecule has 0 radical (unpaired) electrons. The number of carbonyl (C=O) groups is 2. The first-order valence-corrected chi connectivity index (χ1v) is 5.28. The van der Waals surface area contributed by atoms with Gasteiger partial charge in [0.25, 0.3) is 0 Å². The summed E-state index contributed by atoms with van der Waals surface area (Å²) >= 11 is 3.05. The third-order valence-corrected chi connectivity index (χ3v) is 2.30. The molecular weight excluding hydrogens is 292 g/mol. The highest BCUT2D eigenvalue weighted by atomic mass is 79.9. The van der Waals surface area contributed by atoms with E-state index in [4.69, 9.17) is 5.11 Å². The average molecular weight is 301 g/mol. The van der Waals surface area contributed by atoms with Crippen LogP contribution in [0.3, 0.4) is 0 Å². The van der Waals surface area contributed by atoms with Gasteiger partial charge < -0.3 is 9.84 Å². The molecule has 1 rings (SSSR count). The Bertz CT molecular complexity index is 462. The number of halogens is 1. The predicted octanol–water partition coefficient (Wildman–Crippen LogP) is 2.28. The van der Waals surface area contributed by atoms with Crippen LogP contribution in [0.4, 0.5) is 10.5 Å². The van der Waals surface area contributed by atoms with Gasteiger partial charge in [-0.25, -0.2) is 14.6 Å². The average Bonchev–Trinajstić information content (AvgIpc) is 2.28. The van der Waals surface area contributed by atoms with E-state index in [0.29, 0.717) is 0 Å². The van der Waals surface area contributed by atoms with E-state index in [-0.39, 0.29) is 22.5 Å². The molecule has 0 aliphatic carbocycles. The second-order valence-electron chi connectivity index (χ2n) is 2.84. The number of hydrogen-bond acceptors (Lipinski definition) is 4. The molecule has 0 fully saturated rings. The number of ether oxygens (including phenoxy) is 1. The Morgan fingerprint density at radius 2 is 2.35 bits per heavy atom. The monoisotopic (exact) mass is 300 g/mol. The summed E-state index contributed by atoms with van der Waals surface area (Å²) in [6.07, 6.45) is 1.94. The molecule has 6 nitrogen and oxygen atoms in total. The smallest absolute Gasteiger partial charge is 0.412 e. The zero-order valence-electron chi connectivity index (χ0n) is 8.64. The molecule has 1 aromatic heterocycles. The second-order valence-corrected chi connectivity index (χ2v) is 3.59. The summed E-state index contributed by atoms with van der Waals surface area (Å²) in [5, 5.41) is 11.2. The van der Waals surface area contributed by atoms with Gasteiger partial charge in [-0.3, -0.25) is 5.32 Å². The lowest BCUT2D eigenvalue weighted by Gasteiger charge is -2.09. The molecular formula is C10H9BrN2O4. The fraction of sp³-hybridized carbons (Fsp3) is 0.100. The van der Waals surface area contributed by atoms with E-state index >= 15 is 0 Å². The number of pyridine rings is 1. The van der Waals surface area contributed by atoms with E-state index in [1.807, 2.05) is 0 Å². The van der Waals surface area contributed by atoms with E-state index < -0.39 is 12.1 Å². The maximum absolute atomic E-state index is 11.3. The maximum Gasteiger partial charge on any atom is 0.412 e. The predicted molar refractivity (Wildman–Crippen MR) is 64.1 cm³/mol. The molecule has 0 saturated heterocycles. The Kier molecular flexibility index (Phi) is 4.65. The maximum atomic E-state index is 11.3. The van der Waals surface area contributed by atoms with Gasteiger partial charge in [0.2, 0.25) is 0 Å². The number of nitrogens with one attached hydrogen (secondary N) is 1. The minimum Gasteiger partial charge on any atom is -0.478 e. The largest absolute Gasteiger partial charge is 0.478 e. The van der Waals surface area contributed by atoms with Crippen LogP contribution >= 0.6 is 15.9 Å². The molecule has 17 heavy (non-hydrogen) atoms. The summed E-state index contributed by atoms with van der Waals surface area (Å²) in [4.78, 5) is 26.0. The van der Waals surface area contributed by atoms with E-state index in [9.17, 15) is 9.59 Å². The van der Waals surface area contributed by atoms with Crippen LogP contribution in [0, 0.1) is 0 Å². The lowest BCUT2D eigenvalue weighted by atomic mass is 10.2. The summed E-state index contributed by atoms with van der Waals surface area (Å²) in [7, 11) is 0. The highest BCUT2D eigenvalue weighted by Crippen LogP contribution is 2.24. The summed E-state index contributed by atoms with van der Waals surface area (Å²) < 4.78 is 4.89. The van der Waals surface area contributed by atoms with Crippen molar-refractivity contribution in [3.63, 3.8) is 0 Å². The lowest BCUT2D eigenvalue weighted by molar-refractivity contribution is 0.0698. The lowest BCUT2D eigenvalue weighted by Crippen LogP contribution is -2.17. The van der Waals surface area contributed by atoms with E-state index in [2.05, 4.69) is 37.5 Å². The summed E-state index contributed by atoms with van der Waals surface area (Å²) in [5.74, 6) is -1.17. The molecule has 90 valence electrons. The van der Waals surface area contributed by atoms with E-state index in [1.54, 1.807) is 0 Å². The van der Waals surface area contributed by atoms with Gasteiger partial charge in [0.1, 0.15) is 11.2 Å². The van der Waals surface area contributed by atoms with Crippen molar-refractivity contribution in [1.29, 1.82) is 0 Å². The Morgan fingerprint density at radius 3 is 2.94 bits per heavy atom. The number of aromatic nitrogens is 1. The molecule has 0 aromatic carbocycles. The van der Waals surface area contributed by atoms with Crippen LogP contribution in [-0.4, -0.2) is 28.8 Å². The van der Waals surface area contributed by atoms with Gasteiger partial charge in [0.15, 0.2) is 0 Å². The summed E-state index contributed by atoms with van der Waals surface area (Å²) in [6.45, 7) is 3.42. The Hall–Kier alpha value is -1.89. The van der Waals surface area contributed by atoms with Crippen LogP contribution in [0.15, 0.2) is 29.5 Å². The molecule has 2 N–H and O–H groups in total.